The summed E-state index contributed by atoms with van der Waals surface area (Å²) in [5, 5.41) is 9.35. The highest BCUT2D eigenvalue weighted by molar-refractivity contribution is 5.13. The zero-order chi connectivity index (χ0) is 14.2. The van der Waals surface area contributed by atoms with Gasteiger partial charge in [-0.05, 0) is 13.3 Å². The van der Waals surface area contributed by atoms with Crippen molar-refractivity contribution in [2.75, 3.05) is 6.61 Å². The second-order valence-electron chi connectivity index (χ2n) is 4.97. The maximum absolute atomic E-state index is 11.8. The fourth-order valence-corrected chi connectivity index (χ4v) is 2.36. The standard InChI is InChI=1S/C13H16N2O4/c1-4-13(7-16)5-8(2)11(19-13)15-6-9(3)10(17)14-12(15)18/h1,6,8,11,16H,5,7H2,2-3H3,(H,14,17,18)/t8-,11+,13-/m0/s1. The molecule has 2 N–H and O–H groups in total. The first-order valence-corrected chi connectivity index (χ1v) is 6.01. The van der Waals surface area contributed by atoms with Crippen LogP contribution < -0.4 is 11.2 Å². The van der Waals surface area contributed by atoms with Crippen LogP contribution in [-0.4, -0.2) is 26.9 Å². The first-order chi connectivity index (χ1) is 8.92. The first kappa shape index (κ1) is 13.6. The molecule has 102 valence electrons. The van der Waals surface area contributed by atoms with Crippen LogP contribution in [0.5, 0.6) is 0 Å². The van der Waals surface area contributed by atoms with Crippen molar-refractivity contribution in [1.29, 1.82) is 0 Å². The van der Waals surface area contributed by atoms with Gasteiger partial charge in [0.15, 0.2) is 5.60 Å². The molecule has 0 aliphatic carbocycles. The molecule has 6 heteroatoms. The van der Waals surface area contributed by atoms with Crippen molar-refractivity contribution in [2.24, 2.45) is 5.92 Å². The number of nitrogens with zero attached hydrogens (tertiary/aromatic N) is 1. The fraction of sp³-hybridized carbons (Fsp3) is 0.538. The lowest BCUT2D eigenvalue weighted by Crippen LogP contribution is -2.36. The second-order valence-corrected chi connectivity index (χ2v) is 4.97. The molecule has 2 heterocycles. The predicted molar refractivity (Wildman–Crippen MR) is 68.6 cm³/mol. The monoisotopic (exact) mass is 264 g/mol. The number of terminal acetylenes is 1. The SMILES string of the molecule is C#C[C@@]1(CO)C[C@H](C)[C@H](n2cc(C)c(=O)[nH]c2=O)O1. The number of nitrogens with one attached hydrogen (secondary N) is 1. The smallest absolute Gasteiger partial charge is 0.330 e. The highest BCUT2D eigenvalue weighted by Crippen LogP contribution is 2.39. The Labute approximate surface area is 110 Å². The number of rotatable bonds is 2. The van der Waals surface area contributed by atoms with E-state index in [1.54, 1.807) is 6.92 Å². The summed E-state index contributed by atoms with van der Waals surface area (Å²) in [6.45, 7) is 3.18. The van der Waals surface area contributed by atoms with E-state index in [0.29, 0.717) is 12.0 Å². The van der Waals surface area contributed by atoms with Crippen LogP contribution in [0.3, 0.4) is 0 Å². The van der Waals surface area contributed by atoms with E-state index in [0.717, 1.165) is 0 Å². The molecule has 6 nitrogen and oxygen atoms in total. The maximum atomic E-state index is 11.8. The molecule has 0 spiro atoms. The van der Waals surface area contributed by atoms with Gasteiger partial charge < -0.3 is 9.84 Å². The zero-order valence-electron chi connectivity index (χ0n) is 10.8. The highest BCUT2D eigenvalue weighted by atomic mass is 16.5. The summed E-state index contributed by atoms with van der Waals surface area (Å²) < 4.78 is 6.99. The number of aryl methyl sites for hydroxylation is 1. The van der Waals surface area contributed by atoms with Crippen LogP contribution >= 0.6 is 0 Å². The summed E-state index contributed by atoms with van der Waals surface area (Å²) in [7, 11) is 0. The first-order valence-electron chi connectivity index (χ1n) is 6.01. The maximum Gasteiger partial charge on any atom is 0.330 e. The third-order valence-electron chi connectivity index (χ3n) is 3.42. The molecule has 1 saturated heterocycles. The summed E-state index contributed by atoms with van der Waals surface area (Å²) in [5.74, 6) is 2.39. The number of hydrogen-bond acceptors (Lipinski definition) is 4. The third kappa shape index (κ3) is 2.23. The molecule has 19 heavy (non-hydrogen) atoms. The normalized spacial score (nSPS) is 30.2. The number of aromatic amines is 1. The van der Waals surface area contributed by atoms with Crippen molar-refractivity contribution in [3.05, 3.63) is 32.6 Å². The van der Waals surface area contributed by atoms with Crippen LogP contribution in [0, 0.1) is 25.2 Å². The summed E-state index contributed by atoms with van der Waals surface area (Å²) in [5.41, 5.74) is -1.61. The molecule has 1 aliphatic heterocycles. The van der Waals surface area contributed by atoms with Gasteiger partial charge >= 0.3 is 5.69 Å². The number of ether oxygens (including phenoxy) is 1. The Kier molecular flexibility index (Phi) is 3.35. The highest BCUT2D eigenvalue weighted by Gasteiger charge is 2.44. The van der Waals surface area contributed by atoms with Crippen molar-refractivity contribution in [3.63, 3.8) is 0 Å². The van der Waals surface area contributed by atoms with Gasteiger partial charge in [0.2, 0.25) is 0 Å². The van der Waals surface area contributed by atoms with Crippen LogP contribution in [0.4, 0.5) is 0 Å². The molecule has 0 bridgehead atoms. The minimum absolute atomic E-state index is 0.0498. The van der Waals surface area contributed by atoms with Gasteiger partial charge in [-0.2, -0.15) is 0 Å². The van der Waals surface area contributed by atoms with Gasteiger partial charge in [0.1, 0.15) is 6.23 Å². The Hall–Kier alpha value is -1.84. The lowest BCUT2D eigenvalue weighted by Gasteiger charge is -2.22. The summed E-state index contributed by atoms with van der Waals surface area (Å²) >= 11 is 0. The van der Waals surface area contributed by atoms with E-state index in [2.05, 4.69) is 10.9 Å². The Morgan fingerprint density at radius 1 is 1.68 bits per heavy atom. The quantitative estimate of drug-likeness (QED) is 0.722. The van der Waals surface area contributed by atoms with Crippen molar-refractivity contribution in [3.8, 4) is 12.3 Å². The van der Waals surface area contributed by atoms with E-state index in [-0.39, 0.29) is 12.5 Å². The van der Waals surface area contributed by atoms with Gasteiger partial charge in [-0.25, -0.2) is 4.79 Å². The van der Waals surface area contributed by atoms with E-state index in [1.165, 1.54) is 10.8 Å². The van der Waals surface area contributed by atoms with Crippen LogP contribution in [-0.2, 0) is 4.74 Å². The molecule has 0 saturated carbocycles. The Morgan fingerprint density at radius 2 is 2.37 bits per heavy atom. The van der Waals surface area contributed by atoms with Crippen molar-refractivity contribution < 1.29 is 9.84 Å². The second kappa shape index (κ2) is 4.68. The van der Waals surface area contributed by atoms with Gasteiger partial charge in [-0.1, -0.05) is 12.8 Å². The van der Waals surface area contributed by atoms with E-state index >= 15 is 0 Å². The molecule has 0 unspecified atom stereocenters. The van der Waals surface area contributed by atoms with Gasteiger partial charge in [0.25, 0.3) is 5.56 Å². The van der Waals surface area contributed by atoms with E-state index < -0.39 is 23.1 Å². The van der Waals surface area contributed by atoms with Crippen molar-refractivity contribution >= 4 is 0 Å². The van der Waals surface area contributed by atoms with Crippen LogP contribution in [0.1, 0.15) is 25.1 Å². The van der Waals surface area contributed by atoms with E-state index in [1.807, 2.05) is 6.92 Å². The number of H-pyrrole nitrogens is 1. The van der Waals surface area contributed by atoms with Gasteiger partial charge in [-0.3, -0.25) is 14.3 Å². The molecule has 1 aliphatic rings. The zero-order valence-corrected chi connectivity index (χ0v) is 10.8. The lowest BCUT2D eigenvalue weighted by molar-refractivity contribution is -0.0709. The van der Waals surface area contributed by atoms with Crippen molar-refractivity contribution in [2.45, 2.75) is 32.1 Å². The Balaban J connectivity index is 2.45. The minimum Gasteiger partial charge on any atom is -0.392 e. The van der Waals surface area contributed by atoms with Crippen LogP contribution in [0.15, 0.2) is 15.8 Å². The van der Waals surface area contributed by atoms with Gasteiger partial charge in [0, 0.05) is 17.7 Å². The molecule has 3 atom stereocenters. The van der Waals surface area contributed by atoms with E-state index in [9.17, 15) is 14.7 Å². The van der Waals surface area contributed by atoms with Crippen LogP contribution in [0.2, 0.25) is 0 Å². The molecule has 0 amide bonds. The lowest BCUT2D eigenvalue weighted by atomic mass is 9.96. The molecular weight excluding hydrogens is 248 g/mol. The summed E-state index contributed by atoms with van der Waals surface area (Å²) in [4.78, 5) is 25.4. The van der Waals surface area contributed by atoms with Crippen LogP contribution in [0.25, 0.3) is 0 Å². The number of hydrogen-bond donors (Lipinski definition) is 2. The summed E-state index contributed by atoms with van der Waals surface area (Å²) in [6.07, 6.45) is 6.71. The van der Waals surface area contributed by atoms with Gasteiger partial charge in [0.05, 0.1) is 6.61 Å². The average molecular weight is 264 g/mol. The van der Waals surface area contributed by atoms with Gasteiger partial charge in [-0.15, -0.1) is 6.42 Å². The molecule has 2 rings (SSSR count). The number of aliphatic hydroxyl groups is 1. The molecular formula is C13H16N2O4. The largest absolute Gasteiger partial charge is 0.392 e. The Bertz CT molecular complexity index is 639. The number of aliphatic hydroxyl groups excluding tert-OH is 1. The van der Waals surface area contributed by atoms with Crippen molar-refractivity contribution in [1.82, 2.24) is 9.55 Å². The molecule has 1 fully saturated rings. The fourth-order valence-electron chi connectivity index (χ4n) is 2.36. The molecule has 0 radical (unpaired) electrons. The van der Waals surface area contributed by atoms with E-state index in [4.69, 9.17) is 11.2 Å². The Morgan fingerprint density at radius 3 is 2.89 bits per heavy atom. The predicted octanol–water partition coefficient (Wildman–Crippen LogP) is -0.236. The summed E-state index contributed by atoms with van der Waals surface area (Å²) in [6, 6.07) is 0. The minimum atomic E-state index is -1.06. The molecule has 0 aromatic carbocycles. The average Bonchev–Trinajstić information content (AvgIpc) is 2.72. The third-order valence-corrected chi connectivity index (χ3v) is 3.42. The molecule has 1 aromatic heterocycles. The topological polar surface area (TPSA) is 84.3 Å². The number of aromatic nitrogens is 2. The molecule has 1 aromatic rings.